The van der Waals surface area contributed by atoms with Crippen molar-refractivity contribution in [3.05, 3.63) is 65.3 Å². The van der Waals surface area contributed by atoms with Crippen LogP contribution in [0.1, 0.15) is 17.0 Å². The Morgan fingerprint density at radius 2 is 1.84 bits per heavy atom. The van der Waals surface area contributed by atoms with Gasteiger partial charge in [0.25, 0.3) is 0 Å². The highest BCUT2D eigenvalue weighted by Crippen LogP contribution is 2.32. The molecule has 164 valence electrons. The maximum absolute atomic E-state index is 12.9. The van der Waals surface area contributed by atoms with Crippen molar-refractivity contribution in [2.45, 2.75) is 19.2 Å². The number of hydrogen-bond acceptors (Lipinski definition) is 6. The molecule has 1 atom stereocenters. The molecule has 0 radical (unpaired) electrons. The Morgan fingerprint density at radius 1 is 1.13 bits per heavy atom. The van der Waals surface area contributed by atoms with Crippen LogP contribution in [-0.2, 0) is 27.9 Å². The highest BCUT2D eigenvalue weighted by molar-refractivity contribution is 7.84. The zero-order valence-electron chi connectivity index (χ0n) is 17.4. The number of oxazole rings is 1. The molecule has 3 aromatic rings. The van der Waals surface area contributed by atoms with Gasteiger partial charge in [-0.15, -0.1) is 0 Å². The summed E-state index contributed by atoms with van der Waals surface area (Å²) in [5, 5.41) is 2.68. The van der Waals surface area contributed by atoms with Crippen molar-refractivity contribution in [2.75, 3.05) is 20.0 Å². The van der Waals surface area contributed by atoms with Crippen LogP contribution < -0.4 is 14.8 Å². The standard InChI is InChI=1S/C22H23FN2O5S/c1-14-18(25-22(30-14)16-6-9-19(28-2)20(10-16)29-3)12-31(27)13-21(26)24-11-15-4-7-17(23)8-5-15/h4-10H,11-13H2,1-3H3,(H,24,26)/t31-/m0/s1. The molecule has 1 N–H and O–H groups in total. The van der Waals surface area contributed by atoms with E-state index in [-0.39, 0.29) is 29.8 Å². The Kier molecular flexibility index (Phi) is 7.41. The molecule has 3 rings (SSSR count). The molecule has 0 aliphatic rings. The maximum atomic E-state index is 12.9. The molecular weight excluding hydrogens is 423 g/mol. The van der Waals surface area contributed by atoms with Crippen LogP contribution in [-0.4, -0.2) is 35.1 Å². The van der Waals surface area contributed by atoms with Crippen LogP contribution in [0.3, 0.4) is 0 Å². The SMILES string of the molecule is COc1ccc(-c2nc(C[S@](=O)CC(=O)NCc3ccc(F)cc3)c(C)o2)cc1OC. The van der Waals surface area contributed by atoms with Gasteiger partial charge in [0, 0.05) is 22.9 Å². The second-order valence-corrected chi connectivity index (χ2v) is 8.18. The monoisotopic (exact) mass is 446 g/mol. The van der Waals surface area contributed by atoms with E-state index in [0.29, 0.717) is 34.4 Å². The van der Waals surface area contributed by atoms with Crippen molar-refractivity contribution in [1.82, 2.24) is 10.3 Å². The molecule has 0 saturated carbocycles. The lowest BCUT2D eigenvalue weighted by molar-refractivity contribution is -0.118. The van der Waals surface area contributed by atoms with Crippen molar-refractivity contribution in [2.24, 2.45) is 0 Å². The molecule has 2 aromatic carbocycles. The number of hydrogen-bond donors (Lipinski definition) is 1. The minimum Gasteiger partial charge on any atom is -0.493 e. The lowest BCUT2D eigenvalue weighted by Crippen LogP contribution is -2.28. The van der Waals surface area contributed by atoms with Gasteiger partial charge in [0.05, 0.1) is 25.7 Å². The fourth-order valence-electron chi connectivity index (χ4n) is 2.86. The molecule has 31 heavy (non-hydrogen) atoms. The number of aryl methyl sites for hydroxylation is 1. The number of ether oxygens (including phenoxy) is 2. The van der Waals surface area contributed by atoms with Crippen molar-refractivity contribution < 1.29 is 27.3 Å². The molecule has 0 aliphatic carbocycles. The van der Waals surface area contributed by atoms with Crippen molar-refractivity contribution in [3.63, 3.8) is 0 Å². The quantitative estimate of drug-likeness (QED) is 0.542. The van der Waals surface area contributed by atoms with Gasteiger partial charge in [0.15, 0.2) is 11.5 Å². The normalized spacial score (nSPS) is 11.7. The number of nitrogens with one attached hydrogen (secondary N) is 1. The van der Waals surface area contributed by atoms with E-state index in [4.69, 9.17) is 13.9 Å². The second kappa shape index (κ2) is 10.2. The lowest BCUT2D eigenvalue weighted by atomic mass is 10.2. The summed E-state index contributed by atoms with van der Waals surface area (Å²) < 4.78 is 41.6. The number of nitrogens with zero attached hydrogens (tertiary/aromatic N) is 1. The van der Waals surface area contributed by atoms with Gasteiger partial charge in [0.2, 0.25) is 11.8 Å². The predicted octanol–water partition coefficient (Wildman–Crippen LogP) is 3.37. The Morgan fingerprint density at radius 3 is 2.52 bits per heavy atom. The van der Waals surface area contributed by atoms with Crippen LogP contribution in [0.25, 0.3) is 11.5 Å². The minimum atomic E-state index is -1.47. The zero-order chi connectivity index (χ0) is 22.4. The topological polar surface area (TPSA) is 90.7 Å². The molecule has 7 nitrogen and oxygen atoms in total. The highest BCUT2D eigenvalue weighted by atomic mass is 32.2. The number of methoxy groups -OCH3 is 2. The Balaban J connectivity index is 1.60. The third kappa shape index (κ3) is 5.91. The molecular formula is C22H23FN2O5S. The molecule has 0 spiro atoms. The number of rotatable bonds is 9. The molecule has 0 fully saturated rings. The molecule has 1 aromatic heterocycles. The highest BCUT2D eigenvalue weighted by Gasteiger charge is 2.17. The van der Waals surface area contributed by atoms with Crippen LogP contribution in [0.2, 0.25) is 0 Å². The van der Waals surface area contributed by atoms with E-state index < -0.39 is 10.8 Å². The van der Waals surface area contributed by atoms with Gasteiger partial charge in [-0.2, -0.15) is 0 Å². The number of aromatic nitrogens is 1. The summed E-state index contributed by atoms with van der Waals surface area (Å²) in [6.07, 6.45) is 0. The molecule has 1 heterocycles. The molecule has 9 heteroatoms. The van der Waals surface area contributed by atoms with Gasteiger partial charge in [-0.3, -0.25) is 9.00 Å². The van der Waals surface area contributed by atoms with Gasteiger partial charge < -0.3 is 19.2 Å². The molecule has 0 saturated heterocycles. The van der Waals surface area contributed by atoms with Crippen LogP contribution in [0, 0.1) is 12.7 Å². The van der Waals surface area contributed by atoms with Gasteiger partial charge >= 0.3 is 0 Å². The molecule has 0 bridgehead atoms. The zero-order valence-corrected chi connectivity index (χ0v) is 18.3. The minimum absolute atomic E-state index is 0.0899. The first kappa shape index (κ1) is 22.5. The van der Waals surface area contributed by atoms with E-state index >= 15 is 0 Å². The summed E-state index contributed by atoms with van der Waals surface area (Å²) >= 11 is 0. The van der Waals surface area contributed by atoms with Gasteiger partial charge in [-0.25, -0.2) is 9.37 Å². The number of amides is 1. The van der Waals surface area contributed by atoms with Crippen LogP contribution in [0.4, 0.5) is 4.39 Å². The van der Waals surface area contributed by atoms with E-state index in [9.17, 15) is 13.4 Å². The summed E-state index contributed by atoms with van der Waals surface area (Å²) in [5.74, 6) is 1.25. The third-order valence-corrected chi connectivity index (χ3v) is 5.70. The Bertz CT molecular complexity index is 1080. The Labute approximate surface area is 182 Å². The summed E-state index contributed by atoms with van der Waals surface area (Å²) in [6, 6.07) is 11.1. The summed E-state index contributed by atoms with van der Waals surface area (Å²) in [5.41, 5.74) is 1.97. The number of benzene rings is 2. The largest absolute Gasteiger partial charge is 0.493 e. The second-order valence-electron chi connectivity index (χ2n) is 6.72. The van der Waals surface area contributed by atoms with Gasteiger partial charge in [-0.05, 0) is 42.8 Å². The fourth-order valence-corrected chi connectivity index (χ4v) is 3.93. The molecule has 0 unspecified atom stereocenters. The van der Waals surface area contributed by atoms with Gasteiger partial charge in [0.1, 0.15) is 17.3 Å². The van der Waals surface area contributed by atoms with Crippen molar-refractivity contribution in [3.8, 4) is 23.0 Å². The van der Waals surface area contributed by atoms with E-state index in [1.807, 2.05) is 0 Å². The van der Waals surface area contributed by atoms with Crippen LogP contribution >= 0.6 is 0 Å². The van der Waals surface area contributed by atoms with Crippen molar-refractivity contribution in [1.29, 1.82) is 0 Å². The van der Waals surface area contributed by atoms with Crippen molar-refractivity contribution >= 4 is 16.7 Å². The molecule has 1 amide bonds. The average Bonchev–Trinajstić information content (AvgIpc) is 3.12. The lowest BCUT2D eigenvalue weighted by Gasteiger charge is -2.07. The van der Waals surface area contributed by atoms with E-state index in [2.05, 4.69) is 10.3 Å². The Hall–Kier alpha value is -3.20. The van der Waals surface area contributed by atoms with Gasteiger partial charge in [-0.1, -0.05) is 12.1 Å². The van der Waals surface area contributed by atoms with E-state index in [1.54, 1.807) is 44.4 Å². The first-order valence-electron chi connectivity index (χ1n) is 9.44. The predicted molar refractivity (Wildman–Crippen MR) is 115 cm³/mol. The summed E-state index contributed by atoms with van der Waals surface area (Å²) in [7, 11) is 1.63. The average molecular weight is 447 g/mol. The van der Waals surface area contributed by atoms with E-state index in [0.717, 1.165) is 5.56 Å². The molecule has 0 aliphatic heterocycles. The van der Waals surface area contributed by atoms with Crippen LogP contribution in [0.5, 0.6) is 11.5 Å². The van der Waals surface area contributed by atoms with E-state index in [1.165, 1.54) is 19.2 Å². The third-order valence-electron chi connectivity index (χ3n) is 4.52. The maximum Gasteiger partial charge on any atom is 0.232 e. The smallest absolute Gasteiger partial charge is 0.232 e. The van der Waals surface area contributed by atoms with Crippen LogP contribution in [0.15, 0.2) is 46.9 Å². The summed E-state index contributed by atoms with van der Waals surface area (Å²) in [4.78, 5) is 16.5. The number of carbonyl (C=O) groups is 1. The first-order chi connectivity index (χ1) is 14.9. The number of halogens is 1. The summed E-state index contributed by atoms with van der Waals surface area (Å²) in [6.45, 7) is 1.97. The fraction of sp³-hybridized carbons (Fsp3) is 0.273. The first-order valence-corrected chi connectivity index (χ1v) is 10.9. The number of carbonyl (C=O) groups excluding carboxylic acids is 1.